The van der Waals surface area contributed by atoms with Crippen molar-refractivity contribution < 1.29 is 9.53 Å². The van der Waals surface area contributed by atoms with Gasteiger partial charge in [0.1, 0.15) is 6.04 Å². The molecule has 0 saturated carbocycles. The molecule has 0 fully saturated rings. The summed E-state index contributed by atoms with van der Waals surface area (Å²) in [6.45, 7) is 7.69. The number of halogens is 1. The van der Waals surface area contributed by atoms with Crippen molar-refractivity contribution in [1.29, 1.82) is 0 Å². The van der Waals surface area contributed by atoms with E-state index in [4.69, 9.17) is 21.4 Å². The number of hydrogen-bond acceptors (Lipinski definition) is 6. The second kappa shape index (κ2) is 10.0. The zero-order valence-electron chi connectivity index (χ0n) is 19.1. The van der Waals surface area contributed by atoms with Crippen LogP contribution in [0.3, 0.4) is 0 Å². The Labute approximate surface area is 203 Å². The number of carbonyl (C=O) groups is 1. The zero-order valence-corrected chi connectivity index (χ0v) is 20.7. The molecule has 1 atom stereocenters. The van der Waals surface area contributed by atoms with Crippen LogP contribution in [0.1, 0.15) is 50.4 Å². The molecule has 1 N–H and O–H groups in total. The van der Waals surface area contributed by atoms with E-state index in [0.717, 1.165) is 22.6 Å². The molecule has 1 aliphatic rings. The van der Waals surface area contributed by atoms with Crippen LogP contribution in [0.25, 0.3) is 0 Å². The minimum Gasteiger partial charge on any atom is -0.459 e. The number of rotatable bonds is 7. The number of anilines is 1. The summed E-state index contributed by atoms with van der Waals surface area (Å²) in [4.78, 5) is 17.8. The van der Waals surface area contributed by atoms with Crippen molar-refractivity contribution in [3.8, 4) is 0 Å². The molecular weight excluding hydrogens is 456 g/mol. The number of carbonyl (C=O) groups excluding carboxylic acids is 1. The maximum absolute atomic E-state index is 13.1. The van der Waals surface area contributed by atoms with Gasteiger partial charge in [-0.1, -0.05) is 72.8 Å². The lowest BCUT2D eigenvalue weighted by atomic mass is 9.94. The minimum absolute atomic E-state index is 0.222. The molecule has 8 heteroatoms. The van der Waals surface area contributed by atoms with Gasteiger partial charge in [0, 0.05) is 16.5 Å². The van der Waals surface area contributed by atoms with Crippen molar-refractivity contribution in [2.45, 2.75) is 57.2 Å². The predicted octanol–water partition coefficient (Wildman–Crippen LogP) is 6.03. The molecule has 0 aliphatic carbocycles. The third-order valence-corrected chi connectivity index (χ3v) is 6.67. The van der Waals surface area contributed by atoms with Gasteiger partial charge in [-0.2, -0.15) is 4.98 Å². The Balaban J connectivity index is 1.70. The number of nitrogens with zero attached hydrogens (tertiary/aromatic N) is 3. The van der Waals surface area contributed by atoms with Crippen molar-refractivity contribution in [2.75, 3.05) is 5.32 Å². The van der Waals surface area contributed by atoms with Crippen molar-refractivity contribution in [3.05, 3.63) is 81.5 Å². The number of nitrogens with one attached hydrogen (secondary N) is 1. The Morgan fingerprint density at radius 2 is 1.94 bits per heavy atom. The summed E-state index contributed by atoms with van der Waals surface area (Å²) in [6, 6.07) is 15.6. The first-order valence-electron chi connectivity index (χ1n) is 11.0. The van der Waals surface area contributed by atoms with Crippen LogP contribution in [0, 0.1) is 0 Å². The molecule has 0 spiro atoms. The first kappa shape index (κ1) is 23.4. The lowest BCUT2D eigenvalue weighted by Crippen LogP contribution is -2.30. The van der Waals surface area contributed by atoms with Gasteiger partial charge in [0.25, 0.3) is 0 Å². The van der Waals surface area contributed by atoms with Crippen LogP contribution in [0.4, 0.5) is 5.95 Å². The number of aryl methyl sites for hydroxylation is 1. The molecule has 172 valence electrons. The highest BCUT2D eigenvalue weighted by molar-refractivity contribution is 7.98. The first-order valence-corrected chi connectivity index (χ1v) is 12.3. The topological polar surface area (TPSA) is 69.0 Å². The Morgan fingerprint density at radius 1 is 1.21 bits per heavy atom. The van der Waals surface area contributed by atoms with Crippen LogP contribution in [-0.2, 0) is 21.7 Å². The van der Waals surface area contributed by atoms with Crippen molar-refractivity contribution in [2.24, 2.45) is 0 Å². The number of ether oxygens (including phenoxy) is 1. The van der Waals surface area contributed by atoms with E-state index in [1.165, 1.54) is 17.3 Å². The van der Waals surface area contributed by atoms with Gasteiger partial charge >= 0.3 is 5.97 Å². The van der Waals surface area contributed by atoms with Gasteiger partial charge in [-0.05, 0) is 49.9 Å². The van der Waals surface area contributed by atoms with E-state index in [9.17, 15) is 4.79 Å². The molecule has 1 aliphatic heterocycles. The highest BCUT2D eigenvalue weighted by Gasteiger charge is 2.35. The number of fused-ring (bicyclic) bond motifs is 1. The van der Waals surface area contributed by atoms with E-state index in [1.807, 2.05) is 57.2 Å². The highest BCUT2D eigenvalue weighted by atomic mass is 35.5. The standard InChI is InChI=1S/C25H27ClN4O2S/c1-5-17-10-12-18(13-11-17)22-21(23(31)32-15(2)3)16(4)27-24-28-25(29-30(22)24)33-14-19-8-6-7-9-20(19)26/h6-13,15,22H,5,14H2,1-4H3,(H,27,28,29). The van der Waals surface area contributed by atoms with Crippen LogP contribution in [0.2, 0.25) is 5.02 Å². The molecule has 2 heterocycles. The highest BCUT2D eigenvalue weighted by Crippen LogP contribution is 2.37. The maximum atomic E-state index is 13.1. The normalized spacial score (nSPS) is 15.4. The monoisotopic (exact) mass is 482 g/mol. The summed E-state index contributed by atoms with van der Waals surface area (Å²) in [6.07, 6.45) is 0.723. The lowest BCUT2D eigenvalue weighted by Gasteiger charge is -2.28. The van der Waals surface area contributed by atoms with Gasteiger partial charge in [-0.25, -0.2) is 9.48 Å². The van der Waals surface area contributed by atoms with E-state index in [0.29, 0.717) is 28.1 Å². The molecule has 2 aromatic carbocycles. The Kier molecular flexibility index (Phi) is 7.10. The summed E-state index contributed by atoms with van der Waals surface area (Å²) in [5.41, 5.74) is 4.46. The maximum Gasteiger partial charge on any atom is 0.338 e. The molecular formula is C25H27ClN4O2S. The van der Waals surface area contributed by atoms with Crippen LogP contribution >= 0.6 is 23.4 Å². The number of thioether (sulfide) groups is 1. The van der Waals surface area contributed by atoms with Crippen LogP contribution in [0.5, 0.6) is 0 Å². The van der Waals surface area contributed by atoms with Crippen molar-refractivity contribution in [3.63, 3.8) is 0 Å². The van der Waals surface area contributed by atoms with E-state index in [-0.39, 0.29) is 12.1 Å². The second-order valence-electron chi connectivity index (χ2n) is 8.16. The van der Waals surface area contributed by atoms with Gasteiger partial charge < -0.3 is 10.1 Å². The molecule has 1 unspecified atom stereocenters. The Morgan fingerprint density at radius 3 is 2.61 bits per heavy atom. The number of allylic oxidation sites excluding steroid dienone is 1. The fourth-order valence-corrected chi connectivity index (χ4v) is 4.85. The number of aromatic nitrogens is 3. The largest absolute Gasteiger partial charge is 0.459 e. The molecule has 3 aromatic rings. The Hall–Kier alpha value is -2.77. The molecule has 6 nitrogen and oxygen atoms in total. The molecule has 33 heavy (non-hydrogen) atoms. The van der Waals surface area contributed by atoms with Crippen LogP contribution in [-0.4, -0.2) is 26.8 Å². The van der Waals surface area contributed by atoms with Gasteiger partial charge in [0.05, 0.1) is 11.7 Å². The Bertz CT molecular complexity index is 1190. The van der Waals surface area contributed by atoms with Crippen molar-refractivity contribution in [1.82, 2.24) is 14.8 Å². The fraction of sp³-hybridized carbons (Fsp3) is 0.320. The molecule has 0 radical (unpaired) electrons. The van der Waals surface area contributed by atoms with Gasteiger partial charge in [-0.15, -0.1) is 5.10 Å². The SMILES string of the molecule is CCc1ccc(C2C(C(=O)OC(C)C)=C(C)Nc3nc(SCc4ccccc4Cl)nn32)cc1. The third kappa shape index (κ3) is 5.09. The fourth-order valence-electron chi connectivity index (χ4n) is 3.74. The third-order valence-electron chi connectivity index (χ3n) is 5.41. The summed E-state index contributed by atoms with van der Waals surface area (Å²) >= 11 is 7.81. The summed E-state index contributed by atoms with van der Waals surface area (Å²) in [7, 11) is 0. The van der Waals surface area contributed by atoms with E-state index in [2.05, 4.69) is 29.4 Å². The summed E-state index contributed by atoms with van der Waals surface area (Å²) in [5, 5.41) is 9.34. The summed E-state index contributed by atoms with van der Waals surface area (Å²) < 4.78 is 7.36. The number of hydrogen-bond donors (Lipinski definition) is 1. The average molecular weight is 483 g/mol. The van der Waals surface area contributed by atoms with Gasteiger partial charge in [-0.3, -0.25) is 0 Å². The molecule has 0 bridgehead atoms. The minimum atomic E-state index is -0.430. The van der Waals surface area contributed by atoms with E-state index < -0.39 is 6.04 Å². The van der Waals surface area contributed by atoms with Crippen LogP contribution < -0.4 is 5.32 Å². The van der Waals surface area contributed by atoms with Gasteiger partial charge in [0.2, 0.25) is 11.1 Å². The quantitative estimate of drug-likeness (QED) is 0.327. The first-order chi connectivity index (χ1) is 15.9. The van der Waals surface area contributed by atoms with E-state index in [1.54, 1.807) is 4.68 Å². The molecule has 0 amide bonds. The van der Waals surface area contributed by atoms with Crippen molar-refractivity contribution >= 4 is 35.3 Å². The predicted molar refractivity (Wildman–Crippen MR) is 133 cm³/mol. The number of esters is 1. The molecule has 0 saturated heterocycles. The molecule has 4 rings (SSSR count). The average Bonchev–Trinajstić information content (AvgIpc) is 3.19. The smallest absolute Gasteiger partial charge is 0.338 e. The lowest BCUT2D eigenvalue weighted by molar-refractivity contribution is -0.143. The second-order valence-corrected chi connectivity index (χ2v) is 9.51. The molecule has 1 aromatic heterocycles. The van der Waals surface area contributed by atoms with E-state index >= 15 is 0 Å². The zero-order chi connectivity index (χ0) is 23.5. The summed E-state index contributed by atoms with van der Waals surface area (Å²) in [5.74, 6) is 0.888. The van der Waals surface area contributed by atoms with Crippen LogP contribution in [0.15, 0.2) is 65.0 Å². The number of benzene rings is 2. The van der Waals surface area contributed by atoms with Gasteiger partial charge in [0.15, 0.2) is 0 Å².